The number of carbonyl (C=O) groups excluding carboxylic acids is 3. The molecule has 0 spiro atoms. The molecule has 1 atom stereocenters. The van der Waals surface area contributed by atoms with Crippen molar-refractivity contribution in [2.75, 3.05) is 10.2 Å². The fraction of sp³-hybridized carbons (Fsp3) is 0.227. The minimum atomic E-state index is -1.50. The van der Waals surface area contributed by atoms with Crippen LogP contribution in [-0.4, -0.2) is 29.0 Å². The van der Waals surface area contributed by atoms with Gasteiger partial charge in [-0.2, -0.15) is 0 Å². The molecular weight excluding hydrogens is 434 g/mol. The van der Waals surface area contributed by atoms with Crippen LogP contribution in [0.2, 0.25) is 0 Å². The van der Waals surface area contributed by atoms with E-state index in [1.807, 2.05) is 32.0 Å². The highest BCUT2D eigenvalue weighted by molar-refractivity contribution is 9.10. The van der Waals surface area contributed by atoms with Gasteiger partial charge in [0, 0.05) is 15.8 Å². The summed E-state index contributed by atoms with van der Waals surface area (Å²) in [5, 5.41) is 12.2. The van der Waals surface area contributed by atoms with Crippen molar-refractivity contribution in [3.8, 4) is 0 Å². The molecule has 29 heavy (non-hydrogen) atoms. The van der Waals surface area contributed by atoms with E-state index in [4.69, 9.17) is 0 Å². The standard InChI is InChI=1S/C22H19BrN3O3/c1-13-6-4-7-14(2)19(13)25-18(27)11-22(3)20(28)17(12-24)21(29)26(22)16-9-5-8-15(23)10-16/h4-10H,11H2,1-3H3,(H,25,27)/q-1. The molecule has 6 nitrogen and oxygen atoms in total. The molecule has 2 aromatic rings. The van der Waals surface area contributed by atoms with Crippen LogP contribution in [0, 0.1) is 13.8 Å². The quantitative estimate of drug-likeness (QED) is 0.432. The van der Waals surface area contributed by atoms with Crippen LogP contribution in [0.4, 0.5) is 11.4 Å². The van der Waals surface area contributed by atoms with Crippen molar-refractivity contribution < 1.29 is 14.4 Å². The highest BCUT2D eigenvalue weighted by Gasteiger charge is 2.54. The smallest absolute Gasteiger partial charge is 0.268 e. The van der Waals surface area contributed by atoms with Crippen LogP contribution in [0.1, 0.15) is 24.5 Å². The largest absolute Gasteiger partial charge is 0.763 e. The average molecular weight is 453 g/mol. The monoisotopic (exact) mass is 452 g/mol. The first kappa shape index (κ1) is 20.7. The number of ketones is 1. The molecule has 1 unspecified atom stereocenters. The highest BCUT2D eigenvalue weighted by Crippen LogP contribution is 2.38. The van der Waals surface area contributed by atoms with Crippen molar-refractivity contribution in [2.45, 2.75) is 32.7 Å². The van der Waals surface area contributed by atoms with Crippen molar-refractivity contribution in [3.05, 3.63) is 69.0 Å². The molecule has 0 bridgehead atoms. The maximum atomic E-state index is 12.9. The third-order valence-corrected chi connectivity index (χ3v) is 5.55. The van der Waals surface area contributed by atoms with Crippen LogP contribution < -0.4 is 10.2 Å². The zero-order chi connectivity index (χ0) is 21.3. The zero-order valence-corrected chi connectivity index (χ0v) is 17.8. The third-order valence-electron chi connectivity index (χ3n) is 5.06. The first-order chi connectivity index (χ1) is 13.7. The highest BCUT2D eigenvalue weighted by atomic mass is 79.9. The van der Waals surface area contributed by atoms with Gasteiger partial charge in [-0.15, -0.1) is 0 Å². The van der Waals surface area contributed by atoms with E-state index in [2.05, 4.69) is 21.2 Å². The molecule has 2 aromatic carbocycles. The summed E-state index contributed by atoms with van der Waals surface area (Å²) in [6.45, 7) is 5.27. The number of benzene rings is 2. The number of nitrogens with zero attached hydrogens (tertiary/aromatic N) is 2. The van der Waals surface area contributed by atoms with Gasteiger partial charge in [0.2, 0.25) is 11.7 Å². The number of aryl methyl sites for hydroxylation is 2. The Bertz CT molecular complexity index is 1070. The van der Waals surface area contributed by atoms with Gasteiger partial charge in [-0.25, -0.2) is 0 Å². The molecule has 1 fully saturated rings. The van der Waals surface area contributed by atoms with Gasteiger partial charge in [0.05, 0.1) is 6.42 Å². The molecule has 0 saturated carbocycles. The van der Waals surface area contributed by atoms with Gasteiger partial charge in [0.25, 0.3) is 5.91 Å². The van der Waals surface area contributed by atoms with Crippen LogP contribution in [0.3, 0.4) is 0 Å². The maximum absolute atomic E-state index is 12.9. The molecule has 0 aliphatic carbocycles. The molecule has 1 aliphatic heterocycles. The van der Waals surface area contributed by atoms with E-state index in [-0.39, 0.29) is 6.42 Å². The third kappa shape index (κ3) is 3.67. The molecule has 3 rings (SSSR count). The van der Waals surface area contributed by atoms with Gasteiger partial charge in [0.1, 0.15) is 11.1 Å². The van der Waals surface area contributed by atoms with E-state index in [0.717, 1.165) is 11.1 Å². The summed E-state index contributed by atoms with van der Waals surface area (Å²) in [5.41, 5.74) is 0.939. The number of anilines is 2. The molecule has 0 aromatic heterocycles. The Labute approximate surface area is 177 Å². The number of halogens is 1. The fourth-order valence-electron chi connectivity index (χ4n) is 3.59. The van der Waals surface area contributed by atoms with Crippen molar-refractivity contribution in [3.63, 3.8) is 0 Å². The lowest BCUT2D eigenvalue weighted by Gasteiger charge is -2.33. The Morgan fingerprint density at radius 2 is 1.79 bits per heavy atom. The first-order valence-electron chi connectivity index (χ1n) is 8.97. The summed E-state index contributed by atoms with van der Waals surface area (Å²) in [6.07, 6.45) is -0.275. The summed E-state index contributed by atoms with van der Waals surface area (Å²) in [4.78, 5) is 39.9. The summed E-state index contributed by atoms with van der Waals surface area (Å²) in [6, 6.07) is 12.5. The Kier molecular flexibility index (Phi) is 5.55. The Morgan fingerprint density at radius 3 is 2.38 bits per heavy atom. The van der Waals surface area contributed by atoms with Crippen LogP contribution >= 0.6 is 15.9 Å². The van der Waals surface area contributed by atoms with E-state index in [0.29, 0.717) is 15.8 Å². The summed E-state index contributed by atoms with van der Waals surface area (Å²) in [7, 11) is 0. The fourth-order valence-corrected chi connectivity index (χ4v) is 3.97. The van der Waals surface area contributed by atoms with Crippen LogP contribution in [-0.2, 0) is 14.4 Å². The second kappa shape index (κ2) is 7.78. The van der Waals surface area contributed by atoms with E-state index in [1.165, 1.54) is 11.8 Å². The van der Waals surface area contributed by atoms with Gasteiger partial charge in [0.15, 0.2) is 0 Å². The zero-order valence-electron chi connectivity index (χ0n) is 16.2. The number of Topliss-reactive ketones (excluding diaryl/α,β-unsaturated/α-hetero) is 1. The van der Waals surface area contributed by atoms with Crippen LogP contribution in [0.5, 0.6) is 0 Å². The molecule has 148 valence electrons. The predicted molar refractivity (Wildman–Crippen MR) is 116 cm³/mol. The number of hydrogen-bond donors (Lipinski definition) is 1. The summed E-state index contributed by atoms with van der Waals surface area (Å²) >= 11 is 3.35. The molecular formula is C22H19BrN3O3-. The van der Waals surface area contributed by atoms with Crippen LogP contribution in [0.25, 0.3) is 5.41 Å². The normalized spacial score (nSPS) is 18.8. The number of carbonyl (C=O) groups is 3. The van der Waals surface area contributed by atoms with E-state index in [1.54, 1.807) is 30.1 Å². The van der Waals surface area contributed by atoms with Crippen molar-refractivity contribution in [1.29, 1.82) is 0 Å². The topological polar surface area (TPSA) is 88.8 Å². The maximum Gasteiger partial charge on any atom is 0.268 e. The molecule has 7 heteroatoms. The Balaban J connectivity index is 1.99. The molecule has 1 aliphatic rings. The predicted octanol–water partition coefficient (Wildman–Crippen LogP) is 3.93. The van der Waals surface area contributed by atoms with Crippen molar-refractivity contribution >= 4 is 50.8 Å². The number of rotatable bonds is 4. The van der Waals surface area contributed by atoms with Crippen molar-refractivity contribution in [2.24, 2.45) is 0 Å². The van der Waals surface area contributed by atoms with Crippen molar-refractivity contribution in [1.82, 2.24) is 0 Å². The molecule has 0 radical (unpaired) electrons. The van der Waals surface area contributed by atoms with Gasteiger partial charge >= 0.3 is 0 Å². The molecule has 1 heterocycles. The van der Waals surface area contributed by atoms with Gasteiger partial charge in [-0.1, -0.05) is 40.2 Å². The lowest BCUT2D eigenvalue weighted by atomic mass is 9.90. The summed E-state index contributed by atoms with van der Waals surface area (Å²) in [5.74, 6) is -0.0527. The number of amides is 2. The lowest BCUT2D eigenvalue weighted by molar-refractivity contribution is -0.124. The number of nitrogens with one attached hydrogen (secondary N) is 1. The van der Waals surface area contributed by atoms with E-state index >= 15 is 0 Å². The minimum Gasteiger partial charge on any atom is -0.763 e. The lowest BCUT2D eigenvalue weighted by Crippen LogP contribution is -2.49. The average Bonchev–Trinajstić information content (AvgIpc) is 2.83. The van der Waals surface area contributed by atoms with Gasteiger partial charge in [-0.3, -0.25) is 25.2 Å². The van der Waals surface area contributed by atoms with Gasteiger partial charge in [-0.05, 0) is 50.1 Å². The number of para-hydroxylation sites is 1. The van der Waals surface area contributed by atoms with Gasteiger partial charge < -0.3 is 10.7 Å². The summed E-state index contributed by atoms with van der Waals surface area (Å²) < 4.78 is 0.711. The molecule has 2 amide bonds. The SMILES string of the molecule is Cc1cccc(C)c1NC(=O)CC1(C)C(=O)C(=C=[N-])C(=O)N1c1cccc(Br)c1. The second-order valence-corrected chi connectivity index (χ2v) is 8.12. The Hall–Kier alpha value is -3.02. The minimum absolute atomic E-state index is 0.275. The van der Waals surface area contributed by atoms with Crippen LogP contribution in [0.15, 0.2) is 52.5 Å². The molecule has 1 N–H and O–H groups in total. The number of hydrogen-bond acceptors (Lipinski definition) is 3. The van der Waals surface area contributed by atoms with E-state index < -0.39 is 28.7 Å². The molecule has 1 saturated heterocycles. The second-order valence-electron chi connectivity index (χ2n) is 7.20. The van der Waals surface area contributed by atoms with E-state index in [9.17, 15) is 19.8 Å². The Morgan fingerprint density at radius 1 is 1.17 bits per heavy atom. The first-order valence-corrected chi connectivity index (χ1v) is 9.76.